The fourth-order valence-electron chi connectivity index (χ4n) is 0.440. The number of halogens is 3. The van der Waals surface area contributed by atoms with Crippen molar-refractivity contribution >= 4 is 73.7 Å². The maximum Gasteiger partial charge on any atom is 0.303 e. The molecule has 0 saturated carbocycles. The summed E-state index contributed by atoms with van der Waals surface area (Å²) in [5.74, 6) is -0.701. The summed E-state index contributed by atoms with van der Waals surface area (Å²) in [5.41, 5.74) is 0. The van der Waals surface area contributed by atoms with Crippen LogP contribution < -0.4 is 0 Å². The van der Waals surface area contributed by atoms with Crippen molar-refractivity contribution in [3.05, 3.63) is 0 Å². The Labute approximate surface area is 101 Å². The van der Waals surface area contributed by atoms with Crippen molar-refractivity contribution in [1.82, 2.24) is 0 Å². The van der Waals surface area contributed by atoms with Gasteiger partial charge in [-0.3, -0.25) is 4.79 Å². The van der Waals surface area contributed by atoms with Crippen LogP contribution in [0.5, 0.6) is 0 Å². The Hall–Kier alpha value is 1.66. The van der Waals surface area contributed by atoms with Crippen molar-refractivity contribution in [3.63, 3.8) is 0 Å². The highest BCUT2D eigenvalue weighted by Crippen LogP contribution is 2.40. The molecule has 0 heterocycles. The summed E-state index contributed by atoms with van der Waals surface area (Å²) < 4.78 is 0.183. The van der Waals surface area contributed by atoms with Gasteiger partial charge in [-0.2, -0.15) is 0 Å². The standard InChI is InChI=1S/C5H7I3O2/c6-5(7,8)3-1-2-4(9)10/h1-3H2,(H,9,10). The highest BCUT2D eigenvalue weighted by molar-refractivity contribution is 14.3. The molecule has 0 aliphatic carbocycles. The molecule has 10 heavy (non-hydrogen) atoms. The molecule has 1 N–H and O–H groups in total. The van der Waals surface area contributed by atoms with Gasteiger partial charge in [-0.25, -0.2) is 0 Å². The van der Waals surface area contributed by atoms with E-state index in [0.717, 1.165) is 12.8 Å². The summed E-state index contributed by atoms with van der Waals surface area (Å²) in [7, 11) is 0. The minimum Gasteiger partial charge on any atom is -0.481 e. The van der Waals surface area contributed by atoms with Gasteiger partial charge in [0.05, 0.1) is 0 Å². The smallest absolute Gasteiger partial charge is 0.303 e. The lowest BCUT2D eigenvalue weighted by atomic mass is 10.3. The molecule has 0 aromatic rings. The van der Waals surface area contributed by atoms with E-state index in [2.05, 4.69) is 67.8 Å². The molecule has 0 aromatic carbocycles. The topological polar surface area (TPSA) is 37.3 Å². The molecule has 0 amide bonds. The van der Waals surface area contributed by atoms with Crippen molar-refractivity contribution in [2.24, 2.45) is 0 Å². The second-order valence-electron chi connectivity index (χ2n) is 1.86. The summed E-state index contributed by atoms with van der Waals surface area (Å²) in [6.07, 6.45) is 2.00. The fraction of sp³-hybridized carbons (Fsp3) is 0.800. The molecule has 0 fully saturated rings. The molecule has 0 aromatic heterocycles. The van der Waals surface area contributed by atoms with E-state index in [1.165, 1.54) is 0 Å². The van der Waals surface area contributed by atoms with Gasteiger partial charge in [0, 0.05) is 6.42 Å². The van der Waals surface area contributed by atoms with Crippen LogP contribution in [-0.4, -0.2) is 10.5 Å². The van der Waals surface area contributed by atoms with Gasteiger partial charge in [0.15, 0.2) is 0 Å². The van der Waals surface area contributed by atoms with Crippen molar-refractivity contribution in [1.29, 1.82) is 0 Å². The Morgan fingerprint density at radius 3 is 2.20 bits per heavy atom. The molecule has 0 rings (SSSR count). The molecule has 0 unspecified atom stereocenters. The van der Waals surface area contributed by atoms with E-state index in [4.69, 9.17) is 5.11 Å². The molecule has 5 heteroatoms. The fourth-order valence-corrected chi connectivity index (χ4v) is 1.58. The van der Waals surface area contributed by atoms with Gasteiger partial charge in [0.1, 0.15) is -0.565 Å². The van der Waals surface area contributed by atoms with Crippen LogP contribution in [0.4, 0.5) is 0 Å². The van der Waals surface area contributed by atoms with Gasteiger partial charge in [0.25, 0.3) is 0 Å². The summed E-state index contributed by atoms with van der Waals surface area (Å²) in [6, 6.07) is 0. The molecule has 0 aliphatic rings. The lowest BCUT2D eigenvalue weighted by Crippen LogP contribution is -2.01. The third-order valence-electron chi connectivity index (χ3n) is 0.851. The number of aliphatic carboxylic acids is 1. The van der Waals surface area contributed by atoms with Crippen LogP contribution in [0, 0.1) is 0 Å². The summed E-state index contributed by atoms with van der Waals surface area (Å²) in [4.78, 5) is 10.1. The van der Waals surface area contributed by atoms with Crippen molar-refractivity contribution in [3.8, 4) is 0 Å². The largest absolute Gasteiger partial charge is 0.481 e. The molecule has 0 spiro atoms. The summed E-state index contributed by atoms with van der Waals surface area (Å²) in [5, 5.41) is 8.30. The van der Waals surface area contributed by atoms with E-state index in [1.54, 1.807) is 0 Å². The second kappa shape index (κ2) is 5.33. The third-order valence-corrected chi connectivity index (χ3v) is 2.47. The predicted octanol–water partition coefficient (Wildman–Crippen LogP) is 3.20. The number of carbonyl (C=O) groups is 1. The average Bonchev–Trinajstić information content (AvgIpc) is 1.59. The number of hydrogen-bond acceptors (Lipinski definition) is 1. The van der Waals surface area contributed by atoms with Crippen molar-refractivity contribution < 1.29 is 9.90 Å². The van der Waals surface area contributed by atoms with E-state index in [-0.39, 0.29) is 5.86 Å². The van der Waals surface area contributed by atoms with Crippen LogP contribution in [0.2, 0.25) is 0 Å². The predicted molar refractivity (Wildman–Crippen MR) is 66.3 cm³/mol. The first-order valence-electron chi connectivity index (χ1n) is 2.70. The molecule has 2 nitrogen and oxygen atoms in total. The van der Waals surface area contributed by atoms with Gasteiger partial charge < -0.3 is 5.11 Å². The number of carboxylic acids is 1. The maximum atomic E-state index is 10.1. The number of hydrogen-bond donors (Lipinski definition) is 1. The molecule has 0 atom stereocenters. The average molecular weight is 480 g/mol. The summed E-state index contributed by atoms with van der Waals surface area (Å²) >= 11 is 6.91. The first kappa shape index (κ1) is 11.7. The summed E-state index contributed by atoms with van der Waals surface area (Å²) in [6.45, 7) is 0. The molecule has 0 radical (unpaired) electrons. The molecular formula is C5H7I3O2. The Morgan fingerprint density at radius 1 is 1.40 bits per heavy atom. The molecular weight excluding hydrogens is 473 g/mol. The monoisotopic (exact) mass is 480 g/mol. The maximum absolute atomic E-state index is 10.1. The third kappa shape index (κ3) is 9.66. The quantitative estimate of drug-likeness (QED) is 0.497. The zero-order valence-electron chi connectivity index (χ0n) is 5.11. The Kier molecular flexibility index (Phi) is 6.22. The lowest BCUT2D eigenvalue weighted by molar-refractivity contribution is -0.137. The van der Waals surface area contributed by atoms with Crippen molar-refractivity contribution in [2.45, 2.75) is 18.7 Å². The van der Waals surface area contributed by atoms with Gasteiger partial charge in [-0.15, -0.1) is 0 Å². The van der Waals surface area contributed by atoms with Gasteiger partial charge in [0.2, 0.25) is 0 Å². The Morgan fingerprint density at radius 2 is 1.90 bits per heavy atom. The van der Waals surface area contributed by atoms with Gasteiger partial charge in [-0.05, 0) is 12.8 Å². The zero-order chi connectivity index (χ0) is 8.20. The first-order chi connectivity index (χ1) is 4.42. The van der Waals surface area contributed by atoms with Crippen LogP contribution in [0.25, 0.3) is 0 Å². The van der Waals surface area contributed by atoms with Gasteiger partial charge in [-0.1, -0.05) is 67.8 Å². The highest BCUT2D eigenvalue weighted by Gasteiger charge is 2.16. The van der Waals surface area contributed by atoms with Crippen LogP contribution >= 0.6 is 67.8 Å². The Bertz CT molecular complexity index is 119. The van der Waals surface area contributed by atoms with Crippen molar-refractivity contribution in [2.75, 3.05) is 0 Å². The zero-order valence-corrected chi connectivity index (χ0v) is 11.6. The van der Waals surface area contributed by atoms with E-state index in [0.29, 0.717) is 0 Å². The number of alkyl halides is 3. The van der Waals surface area contributed by atoms with E-state index < -0.39 is 5.97 Å². The van der Waals surface area contributed by atoms with E-state index in [9.17, 15) is 4.79 Å². The molecule has 0 saturated heterocycles. The first-order valence-corrected chi connectivity index (χ1v) is 5.94. The molecule has 60 valence electrons. The van der Waals surface area contributed by atoms with Crippen LogP contribution in [0.15, 0.2) is 0 Å². The van der Waals surface area contributed by atoms with Crippen LogP contribution in [0.3, 0.4) is 0 Å². The van der Waals surface area contributed by atoms with Crippen LogP contribution in [-0.2, 0) is 4.79 Å². The normalized spacial score (nSPS) is 11.5. The van der Waals surface area contributed by atoms with E-state index >= 15 is 0 Å². The highest BCUT2D eigenvalue weighted by atomic mass is 127. The minimum absolute atomic E-state index is 0.183. The van der Waals surface area contributed by atoms with Gasteiger partial charge >= 0.3 is 5.97 Å². The number of rotatable bonds is 4. The minimum atomic E-state index is -0.701. The lowest BCUT2D eigenvalue weighted by Gasteiger charge is -2.09. The molecule has 0 aliphatic heterocycles. The SMILES string of the molecule is O=C(O)CCCC(I)(I)I. The second-order valence-corrected chi connectivity index (χ2v) is 13.6. The Balaban J connectivity index is 3.29. The molecule has 0 bridgehead atoms. The van der Waals surface area contributed by atoms with E-state index in [1.807, 2.05) is 0 Å². The van der Waals surface area contributed by atoms with Crippen LogP contribution in [0.1, 0.15) is 19.3 Å². The number of carboxylic acid groups (broad SMARTS) is 1.